The van der Waals surface area contributed by atoms with Crippen LogP contribution in [0.3, 0.4) is 0 Å². The first-order chi connectivity index (χ1) is 8.52. The summed E-state index contributed by atoms with van der Waals surface area (Å²) in [4.78, 5) is 4.36. The summed E-state index contributed by atoms with van der Waals surface area (Å²) < 4.78 is 0. The van der Waals surface area contributed by atoms with E-state index in [1.165, 1.54) is 25.0 Å². The van der Waals surface area contributed by atoms with E-state index in [2.05, 4.69) is 36.5 Å². The number of nitrogens with zero attached hydrogens (tertiary/aromatic N) is 1. The van der Waals surface area contributed by atoms with Crippen molar-refractivity contribution in [3.05, 3.63) is 16.6 Å². The maximum absolute atomic E-state index is 4.36. The Morgan fingerprint density at radius 2 is 2.28 bits per heavy atom. The molecule has 3 heteroatoms. The molecule has 2 bridgehead atoms. The monoisotopic (exact) mass is 264 g/mol. The Bertz CT molecular complexity index is 407. The van der Waals surface area contributed by atoms with E-state index in [0.29, 0.717) is 16.9 Å². The summed E-state index contributed by atoms with van der Waals surface area (Å²) in [7, 11) is 0. The molecule has 100 valence electrons. The van der Waals surface area contributed by atoms with Crippen LogP contribution >= 0.6 is 11.3 Å². The smallest absolute Gasteiger partial charge is 0.0794 e. The van der Waals surface area contributed by atoms with E-state index in [1.807, 2.05) is 5.51 Å². The second-order valence-corrected chi connectivity index (χ2v) is 7.75. The molecule has 18 heavy (non-hydrogen) atoms. The van der Waals surface area contributed by atoms with E-state index in [1.54, 1.807) is 11.3 Å². The standard InChI is InChI=1S/C15H24N2S/c1-14(2)11-4-6-15(3,8-11)13(14)16-7-5-12-9-18-10-17-12/h9-11,13,16H,4-8H2,1-3H3/t11-,13?,15+/m0/s1. The SMILES string of the molecule is CC1(C)C(NCCc2cscn2)[C@]2(C)CC[C@H]1C2. The van der Waals surface area contributed by atoms with Gasteiger partial charge in [0, 0.05) is 24.4 Å². The molecule has 1 aromatic rings. The molecule has 2 saturated carbocycles. The van der Waals surface area contributed by atoms with Gasteiger partial charge in [0.25, 0.3) is 0 Å². The van der Waals surface area contributed by atoms with E-state index in [-0.39, 0.29) is 0 Å². The molecule has 0 saturated heterocycles. The Morgan fingerprint density at radius 3 is 2.89 bits per heavy atom. The highest BCUT2D eigenvalue weighted by molar-refractivity contribution is 7.07. The Kier molecular flexibility index (Phi) is 3.02. The minimum atomic E-state index is 0.467. The van der Waals surface area contributed by atoms with Crippen LogP contribution in [0.2, 0.25) is 0 Å². The third-order valence-corrected chi connectivity index (χ3v) is 6.12. The van der Waals surface area contributed by atoms with Gasteiger partial charge in [-0.3, -0.25) is 0 Å². The van der Waals surface area contributed by atoms with Crippen molar-refractivity contribution in [2.24, 2.45) is 16.7 Å². The lowest BCUT2D eigenvalue weighted by molar-refractivity contribution is 0.110. The van der Waals surface area contributed by atoms with Crippen molar-refractivity contribution >= 4 is 11.3 Å². The van der Waals surface area contributed by atoms with Crippen LogP contribution in [0.5, 0.6) is 0 Å². The van der Waals surface area contributed by atoms with Gasteiger partial charge in [-0.25, -0.2) is 4.98 Å². The molecule has 1 heterocycles. The molecular formula is C15H24N2S. The van der Waals surface area contributed by atoms with Gasteiger partial charge in [0.15, 0.2) is 0 Å². The summed E-state index contributed by atoms with van der Waals surface area (Å²) in [6.07, 6.45) is 5.34. The molecule has 0 spiro atoms. The Hall–Kier alpha value is -0.410. The maximum Gasteiger partial charge on any atom is 0.0794 e. The zero-order valence-corrected chi connectivity index (χ0v) is 12.5. The number of aromatic nitrogens is 1. The molecule has 1 unspecified atom stereocenters. The van der Waals surface area contributed by atoms with Crippen molar-refractivity contribution in [3.8, 4) is 0 Å². The van der Waals surface area contributed by atoms with Crippen molar-refractivity contribution in [2.45, 2.75) is 52.5 Å². The Morgan fingerprint density at radius 1 is 1.44 bits per heavy atom. The molecular weight excluding hydrogens is 240 g/mol. The van der Waals surface area contributed by atoms with Gasteiger partial charge in [-0.15, -0.1) is 11.3 Å². The van der Waals surface area contributed by atoms with Gasteiger partial charge in [0.2, 0.25) is 0 Å². The predicted molar refractivity (Wildman–Crippen MR) is 76.8 cm³/mol. The largest absolute Gasteiger partial charge is 0.313 e. The fourth-order valence-electron chi connectivity index (χ4n) is 4.52. The maximum atomic E-state index is 4.36. The number of rotatable bonds is 4. The van der Waals surface area contributed by atoms with Crippen molar-refractivity contribution in [1.29, 1.82) is 0 Å². The quantitative estimate of drug-likeness (QED) is 0.900. The summed E-state index contributed by atoms with van der Waals surface area (Å²) in [5, 5.41) is 6.01. The fourth-order valence-corrected chi connectivity index (χ4v) is 5.11. The average Bonchev–Trinajstić information content (AvgIpc) is 2.96. The lowest BCUT2D eigenvalue weighted by Crippen LogP contribution is -2.50. The van der Waals surface area contributed by atoms with Gasteiger partial charge in [0.05, 0.1) is 11.2 Å². The summed E-state index contributed by atoms with van der Waals surface area (Å²) in [5.74, 6) is 0.930. The van der Waals surface area contributed by atoms with Crippen LogP contribution < -0.4 is 5.32 Å². The van der Waals surface area contributed by atoms with Gasteiger partial charge >= 0.3 is 0 Å². The molecule has 2 fully saturated rings. The lowest BCUT2D eigenvalue weighted by Gasteiger charge is -2.43. The molecule has 2 nitrogen and oxygen atoms in total. The van der Waals surface area contributed by atoms with E-state index in [9.17, 15) is 0 Å². The van der Waals surface area contributed by atoms with Crippen LogP contribution in [-0.2, 0) is 6.42 Å². The van der Waals surface area contributed by atoms with Crippen LogP contribution in [0, 0.1) is 16.7 Å². The van der Waals surface area contributed by atoms with Crippen LogP contribution in [0.4, 0.5) is 0 Å². The molecule has 0 aliphatic heterocycles. The van der Waals surface area contributed by atoms with Gasteiger partial charge in [0.1, 0.15) is 0 Å². The fraction of sp³-hybridized carbons (Fsp3) is 0.800. The molecule has 3 atom stereocenters. The molecule has 0 radical (unpaired) electrons. The summed E-state index contributed by atoms with van der Waals surface area (Å²) >= 11 is 1.69. The molecule has 1 N–H and O–H groups in total. The van der Waals surface area contributed by atoms with Crippen molar-refractivity contribution in [2.75, 3.05) is 6.54 Å². The van der Waals surface area contributed by atoms with Gasteiger partial charge < -0.3 is 5.32 Å². The zero-order chi connectivity index (χ0) is 12.8. The third kappa shape index (κ3) is 1.92. The van der Waals surface area contributed by atoms with Gasteiger partial charge in [-0.2, -0.15) is 0 Å². The second kappa shape index (κ2) is 4.31. The summed E-state index contributed by atoms with van der Waals surface area (Å²) in [5.41, 5.74) is 4.17. The van der Waals surface area contributed by atoms with E-state index in [4.69, 9.17) is 0 Å². The van der Waals surface area contributed by atoms with Crippen molar-refractivity contribution in [3.63, 3.8) is 0 Å². The number of fused-ring (bicyclic) bond motifs is 2. The molecule has 0 aromatic carbocycles. The van der Waals surface area contributed by atoms with Gasteiger partial charge in [-0.05, 0) is 36.0 Å². The summed E-state index contributed by atoms with van der Waals surface area (Å²) in [6, 6.07) is 0.683. The lowest BCUT2D eigenvalue weighted by atomic mass is 9.68. The Balaban J connectivity index is 1.62. The third-order valence-electron chi connectivity index (χ3n) is 5.48. The number of thiazole rings is 1. The molecule has 2 aliphatic rings. The topological polar surface area (TPSA) is 24.9 Å². The number of hydrogen-bond donors (Lipinski definition) is 1. The van der Waals surface area contributed by atoms with E-state index < -0.39 is 0 Å². The second-order valence-electron chi connectivity index (χ2n) is 7.03. The number of nitrogens with one attached hydrogen (secondary N) is 1. The predicted octanol–water partition coefficient (Wildman–Crippen LogP) is 3.49. The minimum absolute atomic E-state index is 0.467. The zero-order valence-electron chi connectivity index (χ0n) is 11.7. The molecule has 3 rings (SSSR count). The van der Waals surface area contributed by atoms with Crippen LogP contribution in [0.1, 0.15) is 45.7 Å². The average molecular weight is 264 g/mol. The van der Waals surface area contributed by atoms with Gasteiger partial charge in [-0.1, -0.05) is 20.8 Å². The Labute approximate surface area is 114 Å². The first kappa shape index (κ1) is 12.6. The van der Waals surface area contributed by atoms with E-state index >= 15 is 0 Å². The molecule has 1 aromatic heterocycles. The number of hydrogen-bond acceptors (Lipinski definition) is 3. The highest BCUT2D eigenvalue weighted by atomic mass is 32.1. The molecule has 2 aliphatic carbocycles. The first-order valence-electron chi connectivity index (χ1n) is 7.13. The van der Waals surface area contributed by atoms with Crippen LogP contribution in [0.25, 0.3) is 0 Å². The molecule has 0 amide bonds. The van der Waals surface area contributed by atoms with Crippen LogP contribution in [-0.4, -0.2) is 17.6 Å². The highest BCUT2D eigenvalue weighted by Crippen LogP contribution is 2.62. The van der Waals surface area contributed by atoms with Crippen molar-refractivity contribution < 1.29 is 0 Å². The van der Waals surface area contributed by atoms with E-state index in [0.717, 1.165) is 18.9 Å². The highest BCUT2D eigenvalue weighted by Gasteiger charge is 2.58. The van der Waals surface area contributed by atoms with Crippen molar-refractivity contribution in [1.82, 2.24) is 10.3 Å². The minimum Gasteiger partial charge on any atom is -0.313 e. The van der Waals surface area contributed by atoms with Crippen LogP contribution in [0.15, 0.2) is 10.9 Å². The normalized spacial score (nSPS) is 37.3. The first-order valence-corrected chi connectivity index (χ1v) is 8.07. The summed E-state index contributed by atoms with van der Waals surface area (Å²) in [6.45, 7) is 8.48.